The van der Waals surface area contributed by atoms with Crippen LogP contribution in [0.15, 0.2) is 12.2 Å². The van der Waals surface area contributed by atoms with Crippen LogP contribution in [0.4, 0.5) is 0 Å². The van der Waals surface area contributed by atoms with Crippen molar-refractivity contribution in [2.24, 2.45) is 23.7 Å². The number of methoxy groups -OCH3 is 1. The third-order valence-corrected chi connectivity index (χ3v) is 5.33. The zero-order chi connectivity index (χ0) is 13.4. The van der Waals surface area contributed by atoms with Gasteiger partial charge in [0.2, 0.25) is 0 Å². The molecule has 2 aliphatic carbocycles. The Labute approximate surface area is 116 Å². The molecule has 1 aliphatic heterocycles. The molecule has 0 spiro atoms. The standard InChI is InChI=1S/C16H25NO2/c1-11-5-6-17(15(7-11)16(18)19-2)10-14-9-12-3-4-13(14)8-12/h3-4,11-15H,5-10H2,1-2H3/t11-,12-,13-,14-,15-/m0/s1. The Bertz CT molecular complexity index is 379. The summed E-state index contributed by atoms with van der Waals surface area (Å²) in [5.41, 5.74) is 0. The molecule has 0 radical (unpaired) electrons. The SMILES string of the molecule is COC(=O)[C@@H]1C[C@@H](C)CCN1C[C@@H]1C[C@H]2C=C[C@H]1C2. The second-order valence-electron chi connectivity index (χ2n) is 6.70. The van der Waals surface area contributed by atoms with E-state index in [1.165, 1.54) is 26.4 Å². The van der Waals surface area contributed by atoms with Crippen molar-refractivity contribution in [1.29, 1.82) is 0 Å². The van der Waals surface area contributed by atoms with E-state index in [4.69, 9.17) is 4.74 Å². The van der Waals surface area contributed by atoms with Crippen molar-refractivity contribution in [3.05, 3.63) is 12.2 Å². The van der Waals surface area contributed by atoms with Gasteiger partial charge >= 0.3 is 5.97 Å². The fourth-order valence-electron chi connectivity index (χ4n) is 4.20. The molecule has 0 N–H and O–H groups in total. The fraction of sp³-hybridized carbons (Fsp3) is 0.812. The van der Waals surface area contributed by atoms with Crippen LogP contribution in [-0.2, 0) is 9.53 Å². The van der Waals surface area contributed by atoms with Gasteiger partial charge in [-0.2, -0.15) is 0 Å². The van der Waals surface area contributed by atoms with Gasteiger partial charge in [0.25, 0.3) is 0 Å². The summed E-state index contributed by atoms with van der Waals surface area (Å²) in [5.74, 6) is 2.94. The van der Waals surface area contributed by atoms with Gasteiger partial charge in [-0.15, -0.1) is 0 Å². The van der Waals surface area contributed by atoms with Crippen molar-refractivity contribution in [2.45, 2.75) is 38.6 Å². The first kappa shape index (κ1) is 13.2. The number of rotatable bonds is 3. The van der Waals surface area contributed by atoms with Crippen LogP contribution in [0.2, 0.25) is 0 Å². The van der Waals surface area contributed by atoms with Crippen LogP contribution in [0.3, 0.4) is 0 Å². The maximum Gasteiger partial charge on any atom is 0.323 e. The Morgan fingerprint density at radius 3 is 2.79 bits per heavy atom. The number of fused-ring (bicyclic) bond motifs is 2. The van der Waals surface area contributed by atoms with Crippen LogP contribution < -0.4 is 0 Å². The highest BCUT2D eigenvalue weighted by Crippen LogP contribution is 2.44. The first-order valence-electron chi connectivity index (χ1n) is 7.67. The lowest BCUT2D eigenvalue weighted by Gasteiger charge is -2.39. The molecule has 0 unspecified atom stereocenters. The molecule has 3 rings (SSSR count). The number of carbonyl (C=O) groups is 1. The third-order valence-electron chi connectivity index (χ3n) is 5.33. The number of esters is 1. The van der Waals surface area contributed by atoms with E-state index >= 15 is 0 Å². The smallest absolute Gasteiger partial charge is 0.323 e. The van der Waals surface area contributed by atoms with Crippen LogP contribution >= 0.6 is 0 Å². The molecular formula is C16H25NO2. The van der Waals surface area contributed by atoms with E-state index in [-0.39, 0.29) is 12.0 Å². The van der Waals surface area contributed by atoms with Crippen LogP contribution in [0.25, 0.3) is 0 Å². The van der Waals surface area contributed by atoms with E-state index in [9.17, 15) is 4.79 Å². The average molecular weight is 263 g/mol. The normalized spacial score (nSPS) is 41.7. The summed E-state index contributed by atoms with van der Waals surface area (Å²) >= 11 is 0. The quantitative estimate of drug-likeness (QED) is 0.579. The highest BCUT2D eigenvalue weighted by atomic mass is 16.5. The van der Waals surface area contributed by atoms with Crippen LogP contribution in [-0.4, -0.2) is 37.1 Å². The van der Waals surface area contributed by atoms with Gasteiger partial charge in [0.1, 0.15) is 6.04 Å². The molecule has 0 aromatic carbocycles. The number of allylic oxidation sites excluding steroid dienone is 2. The largest absolute Gasteiger partial charge is 0.468 e. The van der Waals surface area contributed by atoms with Crippen LogP contribution in [0, 0.1) is 23.7 Å². The van der Waals surface area contributed by atoms with Gasteiger partial charge in [-0.05, 0) is 55.9 Å². The molecule has 0 aromatic rings. The minimum absolute atomic E-state index is 0.00291. The number of hydrogen-bond donors (Lipinski definition) is 0. The van der Waals surface area contributed by atoms with Gasteiger partial charge in [-0.3, -0.25) is 9.69 Å². The van der Waals surface area contributed by atoms with Crippen molar-refractivity contribution in [3.8, 4) is 0 Å². The summed E-state index contributed by atoms with van der Waals surface area (Å²) < 4.78 is 5.00. The molecule has 5 atom stereocenters. The number of ether oxygens (including phenoxy) is 1. The summed E-state index contributed by atoms with van der Waals surface area (Å²) in [6, 6.07) is -0.00291. The molecule has 1 saturated heterocycles. The number of carbonyl (C=O) groups excluding carboxylic acids is 1. The van der Waals surface area contributed by atoms with Gasteiger partial charge in [-0.1, -0.05) is 19.1 Å². The lowest BCUT2D eigenvalue weighted by atomic mass is 9.88. The number of nitrogens with zero attached hydrogens (tertiary/aromatic N) is 1. The molecule has 19 heavy (non-hydrogen) atoms. The Hall–Kier alpha value is -0.830. The van der Waals surface area contributed by atoms with Gasteiger partial charge in [-0.25, -0.2) is 0 Å². The van der Waals surface area contributed by atoms with E-state index in [1.807, 2.05) is 0 Å². The maximum atomic E-state index is 12.0. The highest BCUT2D eigenvalue weighted by Gasteiger charge is 2.39. The molecule has 106 valence electrons. The molecular weight excluding hydrogens is 238 g/mol. The van der Waals surface area contributed by atoms with E-state index in [2.05, 4.69) is 24.0 Å². The van der Waals surface area contributed by atoms with Crippen molar-refractivity contribution >= 4 is 5.97 Å². The Morgan fingerprint density at radius 2 is 2.16 bits per heavy atom. The molecule has 2 bridgehead atoms. The zero-order valence-corrected chi connectivity index (χ0v) is 12.0. The van der Waals surface area contributed by atoms with Gasteiger partial charge in [0, 0.05) is 6.54 Å². The summed E-state index contributed by atoms with van der Waals surface area (Å²) in [4.78, 5) is 14.4. The third kappa shape index (κ3) is 2.58. The van der Waals surface area contributed by atoms with E-state index in [0.29, 0.717) is 5.92 Å². The van der Waals surface area contributed by atoms with Crippen molar-refractivity contribution in [1.82, 2.24) is 4.90 Å². The molecule has 3 nitrogen and oxygen atoms in total. The van der Waals surface area contributed by atoms with E-state index < -0.39 is 0 Å². The number of piperidine rings is 1. The van der Waals surface area contributed by atoms with Crippen LogP contribution in [0.5, 0.6) is 0 Å². The first-order chi connectivity index (χ1) is 9.17. The molecule has 0 aromatic heterocycles. The monoisotopic (exact) mass is 263 g/mol. The number of hydrogen-bond acceptors (Lipinski definition) is 3. The lowest BCUT2D eigenvalue weighted by molar-refractivity contribution is -0.149. The summed E-state index contributed by atoms with van der Waals surface area (Å²) in [6.07, 6.45) is 9.63. The summed E-state index contributed by atoms with van der Waals surface area (Å²) in [6.45, 7) is 4.38. The molecule has 1 heterocycles. The minimum atomic E-state index is -0.0368. The summed E-state index contributed by atoms with van der Waals surface area (Å²) in [5, 5.41) is 0. The lowest BCUT2D eigenvalue weighted by Crippen LogP contribution is -2.49. The highest BCUT2D eigenvalue weighted by molar-refractivity contribution is 5.75. The number of likely N-dealkylation sites (tertiary alicyclic amines) is 1. The van der Waals surface area contributed by atoms with Crippen molar-refractivity contribution in [3.63, 3.8) is 0 Å². The van der Waals surface area contributed by atoms with Gasteiger partial charge in [0.05, 0.1) is 7.11 Å². The molecule has 3 heteroatoms. The molecule has 3 aliphatic rings. The summed E-state index contributed by atoms with van der Waals surface area (Å²) in [7, 11) is 1.51. The predicted octanol–water partition coefficient (Wildman–Crippen LogP) is 2.47. The van der Waals surface area contributed by atoms with E-state index in [0.717, 1.165) is 37.3 Å². The van der Waals surface area contributed by atoms with E-state index in [1.54, 1.807) is 0 Å². The van der Waals surface area contributed by atoms with Gasteiger partial charge < -0.3 is 4.74 Å². The first-order valence-corrected chi connectivity index (χ1v) is 7.67. The Balaban J connectivity index is 1.64. The topological polar surface area (TPSA) is 29.5 Å². The van der Waals surface area contributed by atoms with Crippen molar-refractivity contribution in [2.75, 3.05) is 20.2 Å². The van der Waals surface area contributed by atoms with Crippen molar-refractivity contribution < 1.29 is 9.53 Å². The molecule has 2 fully saturated rings. The van der Waals surface area contributed by atoms with Gasteiger partial charge in [0.15, 0.2) is 0 Å². The molecule has 0 amide bonds. The minimum Gasteiger partial charge on any atom is -0.468 e. The average Bonchev–Trinajstić information content (AvgIpc) is 3.02. The van der Waals surface area contributed by atoms with Crippen LogP contribution in [0.1, 0.15) is 32.6 Å². The zero-order valence-electron chi connectivity index (χ0n) is 12.0. The molecule has 1 saturated carbocycles. The predicted molar refractivity (Wildman–Crippen MR) is 74.6 cm³/mol. The Morgan fingerprint density at radius 1 is 1.32 bits per heavy atom. The second kappa shape index (κ2) is 5.28. The second-order valence-corrected chi connectivity index (χ2v) is 6.70. The Kier molecular flexibility index (Phi) is 3.66. The maximum absolute atomic E-state index is 12.0. The fourth-order valence-corrected chi connectivity index (χ4v) is 4.20.